The van der Waals surface area contributed by atoms with Gasteiger partial charge in [-0.3, -0.25) is 0 Å². The highest BCUT2D eigenvalue weighted by molar-refractivity contribution is 5.13. The van der Waals surface area contributed by atoms with Gasteiger partial charge in [0.1, 0.15) is 5.82 Å². The molecule has 1 aliphatic heterocycles. The lowest BCUT2D eigenvalue weighted by molar-refractivity contribution is 0.0664. The molecule has 4 heteroatoms. The monoisotopic (exact) mass is 317 g/mol. The van der Waals surface area contributed by atoms with Crippen LogP contribution < -0.4 is 0 Å². The molecule has 0 amide bonds. The number of aryl methyl sites for hydroxylation is 1. The molecule has 0 spiro atoms. The minimum Gasteiger partial charge on any atom is -0.384 e. The number of rotatable bonds is 5. The van der Waals surface area contributed by atoms with Crippen LogP contribution in [0.2, 0.25) is 0 Å². The number of piperidine rings is 1. The Balaban J connectivity index is 1.46. The first kappa shape index (κ1) is 16.8. The van der Waals surface area contributed by atoms with Crippen molar-refractivity contribution in [2.24, 2.45) is 5.92 Å². The summed E-state index contributed by atoms with van der Waals surface area (Å²) in [4.78, 5) is 11.7. The molecule has 3 rings (SSSR count). The first-order chi connectivity index (χ1) is 11.3. The zero-order valence-electron chi connectivity index (χ0n) is 14.7. The highest BCUT2D eigenvalue weighted by Crippen LogP contribution is 2.35. The summed E-state index contributed by atoms with van der Waals surface area (Å²) in [5.41, 5.74) is 1.35. The van der Waals surface area contributed by atoms with Gasteiger partial charge in [-0.1, -0.05) is 6.92 Å². The van der Waals surface area contributed by atoms with E-state index in [1.165, 1.54) is 57.2 Å². The third-order valence-corrected chi connectivity index (χ3v) is 5.78. The van der Waals surface area contributed by atoms with Crippen LogP contribution in [0.15, 0.2) is 12.4 Å². The minimum absolute atomic E-state index is 0.670. The second kappa shape index (κ2) is 8.20. The molecule has 0 bridgehead atoms. The molecule has 1 aromatic heterocycles. The summed E-state index contributed by atoms with van der Waals surface area (Å²) < 4.78 is 5.31. The molecular formula is C19H31N3O. The Bertz CT molecular complexity index is 460. The Hall–Kier alpha value is -1.00. The van der Waals surface area contributed by atoms with Crippen molar-refractivity contribution in [2.75, 3.05) is 26.8 Å². The van der Waals surface area contributed by atoms with Crippen molar-refractivity contribution in [1.82, 2.24) is 14.9 Å². The number of nitrogens with zero attached hydrogens (tertiary/aromatic N) is 3. The van der Waals surface area contributed by atoms with Crippen LogP contribution in [0.1, 0.15) is 62.8 Å². The maximum absolute atomic E-state index is 5.31. The van der Waals surface area contributed by atoms with E-state index < -0.39 is 0 Å². The molecule has 1 saturated carbocycles. The summed E-state index contributed by atoms with van der Waals surface area (Å²) in [6, 6.07) is 0.797. The van der Waals surface area contributed by atoms with Gasteiger partial charge in [-0.15, -0.1) is 0 Å². The Morgan fingerprint density at radius 1 is 1.04 bits per heavy atom. The molecule has 4 nitrogen and oxygen atoms in total. The molecule has 1 aromatic rings. The fraction of sp³-hybridized carbons (Fsp3) is 0.789. The highest BCUT2D eigenvalue weighted by Gasteiger charge is 2.29. The van der Waals surface area contributed by atoms with Gasteiger partial charge in [-0.05, 0) is 69.0 Å². The molecule has 128 valence electrons. The fourth-order valence-corrected chi connectivity index (χ4v) is 4.25. The lowest BCUT2D eigenvalue weighted by Gasteiger charge is -2.40. The summed E-state index contributed by atoms with van der Waals surface area (Å²) in [6.07, 6.45) is 12.9. The number of aromatic nitrogens is 2. The van der Waals surface area contributed by atoms with Gasteiger partial charge >= 0.3 is 0 Å². The predicted octanol–water partition coefficient (Wildman–Crippen LogP) is 3.42. The van der Waals surface area contributed by atoms with E-state index in [1.807, 2.05) is 7.11 Å². The Morgan fingerprint density at radius 2 is 1.70 bits per heavy atom. The third-order valence-electron chi connectivity index (χ3n) is 5.78. The van der Waals surface area contributed by atoms with E-state index in [0.717, 1.165) is 30.8 Å². The summed E-state index contributed by atoms with van der Waals surface area (Å²) in [6.45, 7) is 5.57. The number of hydrogen-bond acceptors (Lipinski definition) is 4. The van der Waals surface area contributed by atoms with Gasteiger partial charge in [0.2, 0.25) is 0 Å². The standard InChI is InChI=1S/C19H31N3O/c1-3-19-20-12-17(13-21-19)16-4-6-18(7-5-16)22-10-8-15(9-11-22)14-23-2/h12-13,15-16,18H,3-11,14H2,1-2H3. The molecule has 0 N–H and O–H groups in total. The summed E-state index contributed by atoms with van der Waals surface area (Å²) in [5.74, 6) is 2.41. The first-order valence-corrected chi connectivity index (χ1v) is 9.34. The van der Waals surface area contributed by atoms with Gasteiger partial charge in [0.25, 0.3) is 0 Å². The van der Waals surface area contributed by atoms with Crippen LogP contribution in [0.4, 0.5) is 0 Å². The van der Waals surface area contributed by atoms with E-state index in [0.29, 0.717) is 5.92 Å². The zero-order chi connectivity index (χ0) is 16.1. The van der Waals surface area contributed by atoms with E-state index >= 15 is 0 Å². The normalized spacial score (nSPS) is 27.2. The maximum atomic E-state index is 5.31. The molecule has 1 saturated heterocycles. The zero-order valence-corrected chi connectivity index (χ0v) is 14.7. The maximum Gasteiger partial charge on any atom is 0.127 e. The lowest BCUT2D eigenvalue weighted by Crippen LogP contribution is -2.43. The number of methoxy groups -OCH3 is 1. The van der Waals surface area contributed by atoms with E-state index in [1.54, 1.807) is 0 Å². The second-order valence-electron chi connectivity index (χ2n) is 7.23. The Morgan fingerprint density at radius 3 is 2.26 bits per heavy atom. The van der Waals surface area contributed by atoms with E-state index in [2.05, 4.69) is 34.2 Å². The molecule has 0 aromatic carbocycles. The topological polar surface area (TPSA) is 38.2 Å². The van der Waals surface area contributed by atoms with E-state index in [9.17, 15) is 0 Å². The summed E-state index contributed by atoms with van der Waals surface area (Å²) in [5, 5.41) is 0. The molecule has 1 aliphatic carbocycles. The van der Waals surface area contributed by atoms with Gasteiger partial charge < -0.3 is 9.64 Å². The first-order valence-electron chi connectivity index (χ1n) is 9.34. The molecular weight excluding hydrogens is 286 g/mol. The molecule has 0 radical (unpaired) electrons. The fourth-order valence-electron chi connectivity index (χ4n) is 4.25. The van der Waals surface area contributed by atoms with Crippen LogP contribution in [0, 0.1) is 5.92 Å². The van der Waals surface area contributed by atoms with Crippen molar-refractivity contribution in [1.29, 1.82) is 0 Å². The van der Waals surface area contributed by atoms with Crippen molar-refractivity contribution in [3.8, 4) is 0 Å². The van der Waals surface area contributed by atoms with Crippen molar-refractivity contribution >= 4 is 0 Å². The lowest BCUT2D eigenvalue weighted by atomic mass is 9.81. The van der Waals surface area contributed by atoms with Crippen molar-refractivity contribution in [3.63, 3.8) is 0 Å². The average molecular weight is 317 g/mol. The van der Waals surface area contributed by atoms with E-state index in [4.69, 9.17) is 4.74 Å². The van der Waals surface area contributed by atoms with Crippen LogP contribution in [0.5, 0.6) is 0 Å². The van der Waals surface area contributed by atoms with E-state index in [-0.39, 0.29) is 0 Å². The van der Waals surface area contributed by atoms with Crippen LogP contribution in [-0.2, 0) is 11.2 Å². The average Bonchev–Trinajstić information content (AvgIpc) is 2.63. The molecule has 2 heterocycles. The van der Waals surface area contributed by atoms with Crippen molar-refractivity contribution in [3.05, 3.63) is 23.8 Å². The van der Waals surface area contributed by atoms with Crippen LogP contribution in [0.25, 0.3) is 0 Å². The van der Waals surface area contributed by atoms with Crippen LogP contribution in [0.3, 0.4) is 0 Å². The SMILES string of the molecule is CCc1ncc(C2CCC(N3CCC(COC)CC3)CC2)cn1. The van der Waals surface area contributed by atoms with Crippen molar-refractivity contribution < 1.29 is 4.74 Å². The van der Waals surface area contributed by atoms with Crippen molar-refractivity contribution in [2.45, 2.75) is 63.8 Å². The summed E-state index contributed by atoms with van der Waals surface area (Å²) >= 11 is 0. The predicted molar refractivity (Wildman–Crippen MR) is 92.6 cm³/mol. The Kier molecular flexibility index (Phi) is 6.01. The number of hydrogen-bond donors (Lipinski definition) is 0. The molecule has 0 atom stereocenters. The number of ether oxygens (including phenoxy) is 1. The number of likely N-dealkylation sites (tertiary alicyclic amines) is 1. The van der Waals surface area contributed by atoms with Gasteiger partial charge in [0.05, 0.1) is 0 Å². The molecule has 2 aliphatic rings. The minimum atomic E-state index is 0.670. The molecule has 2 fully saturated rings. The van der Waals surface area contributed by atoms with Gasteiger partial charge in [0.15, 0.2) is 0 Å². The van der Waals surface area contributed by atoms with Crippen LogP contribution in [-0.4, -0.2) is 47.7 Å². The second-order valence-corrected chi connectivity index (χ2v) is 7.23. The largest absolute Gasteiger partial charge is 0.384 e. The highest BCUT2D eigenvalue weighted by atomic mass is 16.5. The van der Waals surface area contributed by atoms with Gasteiger partial charge in [0, 0.05) is 38.6 Å². The van der Waals surface area contributed by atoms with Crippen LogP contribution >= 0.6 is 0 Å². The summed E-state index contributed by atoms with van der Waals surface area (Å²) in [7, 11) is 1.82. The third kappa shape index (κ3) is 4.30. The molecule has 0 unspecified atom stereocenters. The van der Waals surface area contributed by atoms with Gasteiger partial charge in [-0.2, -0.15) is 0 Å². The van der Waals surface area contributed by atoms with Gasteiger partial charge in [-0.25, -0.2) is 9.97 Å². The Labute approximate surface area is 140 Å². The molecule has 23 heavy (non-hydrogen) atoms. The quantitative estimate of drug-likeness (QED) is 0.834. The smallest absolute Gasteiger partial charge is 0.127 e.